The molecule has 0 unspecified atom stereocenters. The Bertz CT molecular complexity index is 725. The fourth-order valence-electron chi connectivity index (χ4n) is 1.85. The molecule has 0 aromatic heterocycles. The van der Waals surface area contributed by atoms with E-state index in [4.69, 9.17) is 12.2 Å². The summed E-state index contributed by atoms with van der Waals surface area (Å²) in [4.78, 5) is 23.4. The first kappa shape index (κ1) is 16.6. The van der Waals surface area contributed by atoms with Crippen LogP contribution < -0.4 is 10.6 Å². The minimum atomic E-state index is -0.450. The maximum atomic E-state index is 12.1. The monoisotopic (exact) mass is 328 g/mol. The molecule has 0 saturated heterocycles. The fourth-order valence-corrected chi connectivity index (χ4v) is 2.06. The minimum Gasteiger partial charge on any atom is -0.465 e. The van der Waals surface area contributed by atoms with Gasteiger partial charge in [-0.25, -0.2) is 4.79 Å². The largest absolute Gasteiger partial charge is 0.465 e. The number of amides is 1. The number of carbonyl (C=O) groups is 2. The van der Waals surface area contributed by atoms with Crippen molar-refractivity contribution >= 4 is 34.9 Å². The Morgan fingerprint density at radius 3 is 2.09 bits per heavy atom. The number of ether oxygens (including phenoxy) is 1. The van der Waals surface area contributed by atoms with E-state index >= 15 is 0 Å². The number of esters is 1. The lowest BCUT2D eigenvalue weighted by molar-refractivity contribution is 0.0600. The lowest BCUT2D eigenvalue weighted by atomic mass is 10.1. The molecule has 0 saturated carbocycles. The number of methoxy groups -OCH3 is 1. The second-order valence-electron chi connectivity index (χ2n) is 4.84. The number of carbonyl (C=O) groups excluding carboxylic acids is 2. The van der Waals surface area contributed by atoms with E-state index in [0.717, 1.165) is 11.3 Å². The Morgan fingerprint density at radius 1 is 0.957 bits per heavy atom. The second kappa shape index (κ2) is 7.51. The maximum absolute atomic E-state index is 12.1. The first-order valence-electron chi connectivity index (χ1n) is 6.87. The molecule has 2 aromatic rings. The zero-order valence-corrected chi connectivity index (χ0v) is 13.6. The molecule has 0 radical (unpaired) electrons. The molecule has 0 aliphatic rings. The van der Waals surface area contributed by atoms with Crippen LogP contribution in [0, 0.1) is 6.92 Å². The van der Waals surface area contributed by atoms with Crippen LogP contribution in [0.4, 0.5) is 5.69 Å². The van der Waals surface area contributed by atoms with E-state index in [-0.39, 0.29) is 11.0 Å². The van der Waals surface area contributed by atoms with Gasteiger partial charge in [0, 0.05) is 11.3 Å². The number of anilines is 1. The minimum absolute atomic E-state index is 0.205. The van der Waals surface area contributed by atoms with Crippen LogP contribution in [0.3, 0.4) is 0 Å². The van der Waals surface area contributed by atoms with Gasteiger partial charge >= 0.3 is 5.97 Å². The third-order valence-electron chi connectivity index (χ3n) is 3.10. The molecule has 2 rings (SSSR count). The summed E-state index contributed by atoms with van der Waals surface area (Å²) in [5.74, 6) is -0.806. The van der Waals surface area contributed by atoms with E-state index in [9.17, 15) is 9.59 Å². The topological polar surface area (TPSA) is 67.4 Å². The zero-order valence-electron chi connectivity index (χ0n) is 12.8. The Kier molecular flexibility index (Phi) is 5.43. The van der Waals surface area contributed by atoms with Crippen LogP contribution in [0.2, 0.25) is 0 Å². The Morgan fingerprint density at radius 2 is 1.52 bits per heavy atom. The normalized spacial score (nSPS) is 9.83. The predicted molar refractivity (Wildman–Crippen MR) is 92.6 cm³/mol. The summed E-state index contributed by atoms with van der Waals surface area (Å²) in [6.45, 7) is 1.99. The predicted octanol–water partition coefficient (Wildman–Crippen LogP) is 2.91. The van der Waals surface area contributed by atoms with Crippen molar-refractivity contribution < 1.29 is 14.3 Å². The van der Waals surface area contributed by atoms with Gasteiger partial charge in [0.1, 0.15) is 0 Å². The SMILES string of the molecule is COC(=O)c1ccc(C(=O)NC(=S)Nc2ccc(C)cc2)cc1. The Balaban J connectivity index is 1.96. The van der Waals surface area contributed by atoms with Gasteiger partial charge in [-0.2, -0.15) is 0 Å². The van der Waals surface area contributed by atoms with Crippen LogP contribution in [-0.2, 0) is 4.74 Å². The van der Waals surface area contributed by atoms with Gasteiger partial charge in [-0.1, -0.05) is 17.7 Å². The number of nitrogens with one attached hydrogen (secondary N) is 2. The highest BCUT2D eigenvalue weighted by atomic mass is 32.1. The summed E-state index contributed by atoms with van der Waals surface area (Å²) in [7, 11) is 1.30. The van der Waals surface area contributed by atoms with Crippen LogP contribution in [-0.4, -0.2) is 24.1 Å². The first-order chi connectivity index (χ1) is 11.0. The third-order valence-corrected chi connectivity index (χ3v) is 3.31. The standard InChI is InChI=1S/C17H16N2O3S/c1-11-3-9-14(10-4-11)18-17(23)19-15(20)12-5-7-13(8-6-12)16(21)22-2/h3-10H,1-2H3,(H2,18,19,20,23). The van der Waals surface area contributed by atoms with Crippen molar-refractivity contribution in [2.75, 3.05) is 12.4 Å². The number of thiocarbonyl (C=S) groups is 1. The Hall–Kier alpha value is -2.73. The lowest BCUT2D eigenvalue weighted by Crippen LogP contribution is -2.34. The second-order valence-corrected chi connectivity index (χ2v) is 5.25. The smallest absolute Gasteiger partial charge is 0.337 e. The average molecular weight is 328 g/mol. The molecule has 6 heteroatoms. The summed E-state index contributed by atoms with van der Waals surface area (Å²) in [5, 5.41) is 5.73. The maximum Gasteiger partial charge on any atom is 0.337 e. The first-order valence-corrected chi connectivity index (χ1v) is 7.28. The van der Waals surface area contributed by atoms with Gasteiger partial charge < -0.3 is 10.1 Å². The number of benzene rings is 2. The van der Waals surface area contributed by atoms with E-state index < -0.39 is 5.97 Å². The molecule has 5 nitrogen and oxygen atoms in total. The average Bonchev–Trinajstić information content (AvgIpc) is 2.56. The lowest BCUT2D eigenvalue weighted by Gasteiger charge is -2.10. The van der Waals surface area contributed by atoms with Gasteiger partial charge in [0.05, 0.1) is 12.7 Å². The van der Waals surface area contributed by atoms with Crippen molar-refractivity contribution in [3.63, 3.8) is 0 Å². The number of hydrogen-bond acceptors (Lipinski definition) is 4. The molecule has 0 atom stereocenters. The van der Waals surface area contributed by atoms with Gasteiger partial charge in [-0.05, 0) is 55.5 Å². The molecule has 2 aromatic carbocycles. The van der Waals surface area contributed by atoms with Crippen molar-refractivity contribution in [1.29, 1.82) is 0 Å². The highest BCUT2D eigenvalue weighted by molar-refractivity contribution is 7.80. The van der Waals surface area contributed by atoms with E-state index in [0.29, 0.717) is 11.1 Å². The summed E-state index contributed by atoms with van der Waals surface area (Å²) < 4.78 is 4.61. The van der Waals surface area contributed by atoms with E-state index in [1.807, 2.05) is 31.2 Å². The third kappa shape index (κ3) is 4.62. The van der Waals surface area contributed by atoms with E-state index in [1.54, 1.807) is 0 Å². The van der Waals surface area contributed by atoms with Gasteiger partial charge in [0.15, 0.2) is 5.11 Å². The van der Waals surface area contributed by atoms with Crippen molar-refractivity contribution in [1.82, 2.24) is 5.32 Å². The number of aryl methyl sites for hydroxylation is 1. The zero-order chi connectivity index (χ0) is 16.8. The molecule has 23 heavy (non-hydrogen) atoms. The highest BCUT2D eigenvalue weighted by Crippen LogP contribution is 2.09. The number of rotatable bonds is 3. The molecular weight excluding hydrogens is 312 g/mol. The van der Waals surface area contributed by atoms with E-state index in [2.05, 4.69) is 15.4 Å². The molecule has 0 heterocycles. The van der Waals surface area contributed by atoms with Crippen LogP contribution in [0.1, 0.15) is 26.3 Å². The molecule has 0 bridgehead atoms. The van der Waals surface area contributed by atoms with Crippen molar-refractivity contribution in [3.8, 4) is 0 Å². The van der Waals surface area contributed by atoms with Gasteiger partial charge in [-0.3, -0.25) is 10.1 Å². The summed E-state index contributed by atoms with van der Waals surface area (Å²) in [6, 6.07) is 13.8. The van der Waals surface area contributed by atoms with Crippen LogP contribution in [0.15, 0.2) is 48.5 Å². The molecule has 0 spiro atoms. The molecule has 0 aliphatic heterocycles. The highest BCUT2D eigenvalue weighted by Gasteiger charge is 2.10. The fraction of sp³-hybridized carbons (Fsp3) is 0.118. The van der Waals surface area contributed by atoms with Gasteiger partial charge in [-0.15, -0.1) is 0 Å². The summed E-state index contributed by atoms with van der Waals surface area (Å²) in [5.41, 5.74) is 2.70. The Labute approximate surface area is 139 Å². The number of hydrogen-bond donors (Lipinski definition) is 2. The van der Waals surface area contributed by atoms with Crippen molar-refractivity contribution in [3.05, 3.63) is 65.2 Å². The molecular formula is C17H16N2O3S. The van der Waals surface area contributed by atoms with Crippen LogP contribution >= 0.6 is 12.2 Å². The van der Waals surface area contributed by atoms with Crippen LogP contribution in [0.25, 0.3) is 0 Å². The molecule has 118 valence electrons. The van der Waals surface area contributed by atoms with Gasteiger partial charge in [0.2, 0.25) is 0 Å². The van der Waals surface area contributed by atoms with Gasteiger partial charge in [0.25, 0.3) is 5.91 Å². The summed E-state index contributed by atoms with van der Waals surface area (Å²) >= 11 is 5.11. The summed E-state index contributed by atoms with van der Waals surface area (Å²) in [6.07, 6.45) is 0. The molecule has 0 fully saturated rings. The molecule has 0 aliphatic carbocycles. The van der Waals surface area contributed by atoms with Crippen molar-refractivity contribution in [2.45, 2.75) is 6.92 Å². The van der Waals surface area contributed by atoms with Crippen molar-refractivity contribution in [2.24, 2.45) is 0 Å². The molecule has 1 amide bonds. The van der Waals surface area contributed by atoms with Crippen LogP contribution in [0.5, 0.6) is 0 Å². The quantitative estimate of drug-likeness (QED) is 0.670. The molecule has 2 N–H and O–H groups in total. The van der Waals surface area contributed by atoms with E-state index in [1.165, 1.54) is 31.4 Å².